The summed E-state index contributed by atoms with van der Waals surface area (Å²) in [5, 5.41) is 43.4. The van der Waals surface area contributed by atoms with Crippen molar-refractivity contribution in [3.05, 3.63) is 70.2 Å². The molecule has 0 amide bonds. The van der Waals surface area contributed by atoms with Crippen LogP contribution in [0.5, 0.6) is 11.5 Å². The van der Waals surface area contributed by atoms with Gasteiger partial charge in [-0.2, -0.15) is 0 Å². The Morgan fingerprint density at radius 1 is 1.09 bits per heavy atom. The third-order valence-electron chi connectivity index (χ3n) is 7.43. The smallest absolute Gasteiger partial charge is 0.209 e. The van der Waals surface area contributed by atoms with Crippen molar-refractivity contribution in [3.8, 4) is 22.6 Å². The van der Waals surface area contributed by atoms with E-state index in [-0.39, 0.29) is 36.1 Å². The molecule has 3 aliphatic carbocycles. The number of phenolic OH excluding ortho intramolecular Hbond substituents is 1. The molecule has 0 spiro atoms. The number of carbonyl (C=O) groups excluding carboxylic acids is 3. The van der Waals surface area contributed by atoms with Crippen LogP contribution in [0, 0.1) is 11.8 Å². The maximum atomic E-state index is 13.6. The van der Waals surface area contributed by atoms with Gasteiger partial charge in [0.2, 0.25) is 5.78 Å². The van der Waals surface area contributed by atoms with E-state index in [4.69, 9.17) is 4.74 Å². The fraction of sp³-hybridized carbons (Fsp3) is 0.296. The second-order valence-electron chi connectivity index (χ2n) is 9.32. The number of methoxy groups -OCH3 is 1. The molecule has 4 N–H and O–H groups in total. The number of aliphatic hydroxyl groups excluding tert-OH is 2. The van der Waals surface area contributed by atoms with E-state index in [0.717, 1.165) is 12.5 Å². The van der Waals surface area contributed by atoms with Gasteiger partial charge in [0.05, 0.1) is 12.7 Å². The topological polar surface area (TPSA) is 141 Å². The fourth-order valence-corrected chi connectivity index (χ4v) is 5.79. The predicted molar refractivity (Wildman–Crippen MR) is 124 cm³/mol. The molecule has 8 heteroatoms. The van der Waals surface area contributed by atoms with Crippen LogP contribution in [0.15, 0.2) is 59.1 Å². The summed E-state index contributed by atoms with van der Waals surface area (Å²) in [6.45, 7) is 1.09. The Bertz CT molecular complexity index is 1380. The van der Waals surface area contributed by atoms with Gasteiger partial charge in [-0.05, 0) is 60.6 Å². The third kappa shape index (κ3) is 3.13. The van der Waals surface area contributed by atoms with Gasteiger partial charge in [-0.3, -0.25) is 14.4 Å². The van der Waals surface area contributed by atoms with Crippen molar-refractivity contribution in [2.75, 3.05) is 7.11 Å². The Kier molecular flexibility index (Phi) is 5.10. The number of carbonyl (C=O) groups is 3. The van der Waals surface area contributed by atoms with E-state index in [1.54, 1.807) is 19.2 Å². The molecule has 180 valence electrons. The lowest BCUT2D eigenvalue weighted by Crippen LogP contribution is -2.56. The van der Waals surface area contributed by atoms with Crippen LogP contribution in [0.2, 0.25) is 0 Å². The molecule has 0 aromatic heterocycles. The minimum atomic E-state index is -2.49. The average Bonchev–Trinajstić information content (AvgIpc) is 2.81. The summed E-state index contributed by atoms with van der Waals surface area (Å²) >= 11 is 0. The second-order valence-corrected chi connectivity index (χ2v) is 9.32. The van der Waals surface area contributed by atoms with Crippen molar-refractivity contribution in [2.24, 2.45) is 11.8 Å². The number of ether oxygens (including phenoxy) is 1. The molecule has 3 atom stereocenters. The molecule has 0 heterocycles. The van der Waals surface area contributed by atoms with Crippen molar-refractivity contribution in [2.45, 2.75) is 31.8 Å². The lowest BCUT2D eigenvalue weighted by atomic mass is 9.60. The van der Waals surface area contributed by atoms with Gasteiger partial charge in [0.15, 0.2) is 17.2 Å². The highest BCUT2D eigenvalue weighted by Crippen LogP contribution is 2.52. The summed E-state index contributed by atoms with van der Waals surface area (Å²) < 4.78 is 5.31. The van der Waals surface area contributed by atoms with Crippen LogP contribution in [-0.2, 0) is 16.0 Å². The van der Waals surface area contributed by atoms with Crippen LogP contribution in [0.4, 0.5) is 0 Å². The van der Waals surface area contributed by atoms with Gasteiger partial charge >= 0.3 is 0 Å². The summed E-state index contributed by atoms with van der Waals surface area (Å²) in [7, 11) is 1.55. The minimum Gasteiger partial charge on any atom is -0.511 e. The van der Waals surface area contributed by atoms with Crippen molar-refractivity contribution >= 4 is 17.3 Å². The van der Waals surface area contributed by atoms with E-state index in [9.17, 15) is 34.8 Å². The summed E-state index contributed by atoms with van der Waals surface area (Å²) in [4.78, 5) is 38.7. The Labute approximate surface area is 200 Å². The summed E-state index contributed by atoms with van der Waals surface area (Å²) in [6.07, 6.45) is 0.191. The number of hydrogen-bond donors (Lipinski definition) is 4. The first-order valence-electron chi connectivity index (χ1n) is 11.3. The summed E-state index contributed by atoms with van der Waals surface area (Å²) in [6, 6.07) is 10.4. The van der Waals surface area contributed by atoms with Crippen LogP contribution in [0.25, 0.3) is 11.1 Å². The number of aromatic hydroxyl groups is 1. The number of hydrogen-bond acceptors (Lipinski definition) is 8. The zero-order valence-corrected chi connectivity index (χ0v) is 19.2. The Morgan fingerprint density at radius 2 is 1.83 bits per heavy atom. The highest BCUT2D eigenvalue weighted by Gasteiger charge is 2.59. The fourth-order valence-electron chi connectivity index (χ4n) is 5.79. The predicted octanol–water partition coefficient (Wildman–Crippen LogP) is 3.36. The molecule has 0 fully saturated rings. The molecule has 0 radical (unpaired) electrons. The van der Waals surface area contributed by atoms with Gasteiger partial charge in [-0.25, -0.2) is 0 Å². The Hall–Kier alpha value is -3.91. The first-order chi connectivity index (χ1) is 16.6. The van der Waals surface area contributed by atoms with Gasteiger partial charge < -0.3 is 25.2 Å². The molecule has 0 bridgehead atoms. The van der Waals surface area contributed by atoms with Crippen LogP contribution in [-0.4, -0.2) is 50.5 Å². The first kappa shape index (κ1) is 22.9. The van der Waals surface area contributed by atoms with Crippen molar-refractivity contribution in [1.29, 1.82) is 0 Å². The molecule has 8 nitrogen and oxygen atoms in total. The maximum absolute atomic E-state index is 13.6. The van der Waals surface area contributed by atoms with Gasteiger partial charge in [0, 0.05) is 17.9 Å². The van der Waals surface area contributed by atoms with Gasteiger partial charge in [-0.1, -0.05) is 18.2 Å². The van der Waals surface area contributed by atoms with Crippen molar-refractivity contribution < 1.29 is 39.5 Å². The Balaban J connectivity index is 1.68. The first-order valence-corrected chi connectivity index (χ1v) is 11.3. The molecule has 0 aliphatic heterocycles. The highest BCUT2D eigenvalue weighted by atomic mass is 16.5. The lowest BCUT2D eigenvalue weighted by molar-refractivity contribution is -0.144. The zero-order chi connectivity index (χ0) is 25.2. The highest BCUT2D eigenvalue weighted by molar-refractivity contribution is 6.25. The molecule has 35 heavy (non-hydrogen) atoms. The van der Waals surface area contributed by atoms with Crippen LogP contribution in [0.1, 0.15) is 35.7 Å². The number of benzene rings is 2. The molecule has 3 aliphatic rings. The SMILES string of the molecule is COc1cccc(-c2ccc(O)c3c2C[C@@H]2C[C@@H]4CC(O)=C(C(C)=O)C(=O)[C@]4(O)C(O)=C2C3=O)c1. The molecule has 2 aromatic rings. The minimum absolute atomic E-state index is 0.00129. The van der Waals surface area contributed by atoms with Gasteiger partial charge in [-0.15, -0.1) is 0 Å². The third-order valence-corrected chi connectivity index (χ3v) is 7.43. The number of aliphatic hydroxyl groups is 3. The largest absolute Gasteiger partial charge is 0.511 e. The van der Waals surface area contributed by atoms with E-state index < -0.39 is 51.9 Å². The van der Waals surface area contributed by atoms with E-state index in [1.165, 1.54) is 6.07 Å². The zero-order valence-electron chi connectivity index (χ0n) is 19.2. The number of rotatable bonds is 3. The standard InChI is InChI=1S/C27H24O8/c1-12(28)21-20(30)11-15-8-14-10-18-17(13-4-3-5-16(9-13)35-2)6-7-19(29)23(18)24(31)22(14)26(33)27(15,34)25(21)32/h3-7,9,14-15,29-30,33-34H,8,10-11H2,1-2H3/t14-,15+,27-/m0/s1. The van der Waals surface area contributed by atoms with Crippen molar-refractivity contribution in [3.63, 3.8) is 0 Å². The van der Waals surface area contributed by atoms with E-state index >= 15 is 0 Å². The number of Topliss-reactive ketones (excluding diaryl/α,β-unsaturated/α-hetero) is 3. The average molecular weight is 476 g/mol. The summed E-state index contributed by atoms with van der Waals surface area (Å²) in [5.41, 5.74) is -1.14. The molecule has 0 saturated carbocycles. The summed E-state index contributed by atoms with van der Waals surface area (Å²) in [5.74, 6) is -4.90. The Morgan fingerprint density at radius 3 is 2.51 bits per heavy atom. The van der Waals surface area contributed by atoms with Crippen LogP contribution in [0.3, 0.4) is 0 Å². The lowest BCUT2D eigenvalue weighted by Gasteiger charge is -2.45. The number of ketones is 3. The molecule has 5 rings (SSSR count). The second kappa shape index (κ2) is 7.81. The number of fused-ring (bicyclic) bond motifs is 3. The molecule has 2 aromatic carbocycles. The van der Waals surface area contributed by atoms with Gasteiger partial charge in [0.1, 0.15) is 28.6 Å². The number of allylic oxidation sites excluding steroid dienone is 2. The normalized spacial score (nSPS) is 25.7. The molecular weight excluding hydrogens is 452 g/mol. The van der Waals surface area contributed by atoms with E-state index in [1.807, 2.05) is 18.2 Å². The monoisotopic (exact) mass is 476 g/mol. The van der Waals surface area contributed by atoms with E-state index in [0.29, 0.717) is 16.9 Å². The van der Waals surface area contributed by atoms with Crippen LogP contribution < -0.4 is 4.74 Å². The van der Waals surface area contributed by atoms with E-state index in [2.05, 4.69) is 0 Å². The van der Waals surface area contributed by atoms with Gasteiger partial charge in [0.25, 0.3) is 0 Å². The maximum Gasteiger partial charge on any atom is 0.209 e. The molecular formula is C27H24O8. The number of phenols is 1. The van der Waals surface area contributed by atoms with Crippen molar-refractivity contribution in [1.82, 2.24) is 0 Å². The molecule has 0 unspecified atom stereocenters. The molecule has 0 saturated heterocycles. The quantitative estimate of drug-likeness (QED) is 0.494. The van der Waals surface area contributed by atoms with Crippen LogP contribution >= 0.6 is 0 Å².